The summed E-state index contributed by atoms with van der Waals surface area (Å²) in [6.45, 7) is 0. The van der Waals surface area contributed by atoms with E-state index in [2.05, 4.69) is 41.4 Å². The van der Waals surface area contributed by atoms with Gasteiger partial charge in [0.1, 0.15) is 0 Å². The fourth-order valence-corrected chi connectivity index (χ4v) is 1.83. The summed E-state index contributed by atoms with van der Waals surface area (Å²) in [5.74, 6) is 0.745. The Morgan fingerprint density at radius 3 is 2.27 bits per heavy atom. The highest BCUT2D eigenvalue weighted by molar-refractivity contribution is 5.62. The number of hydrogen-bond acceptors (Lipinski definition) is 1. The molecule has 0 unspecified atom stereocenters. The van der Waals surface area contributed by atoms with Gasteiger partial charge >= 0.3 is 0 Å². The number of pyridine rings is 1. The molecule has 74 valence electrons. The van der Waals surface area contributed by atoms with Gasteiger partial charge in [0.25, 0.3) is 0 Å². The van der Waals surface area contributed by atoms with Crippen LogP contribution in [0.25, 0.3) is 11.1 Å². The predicted octanol–water partition coefficient (Wildman–Crippen LogP) is 3.63. The van der Waals surface area contributed by atoms with Crippen molar-refractivity contribution in [2.75, 3.05) is 0 Å². The van der Waals surface area contributed by atoms with E-state index >= 15 is 0 Å². The van der Waals surface area contributed by atoms with Crippen molar-refractivity contribution in [2.24, 2.45) is 0 Å². The van der Waals surface area contributed by atoms with Gasteiger partial charge in [-0.2, -0.15) is 0 Å². The Hall–Kier alpha value is -1.63. The third kappa shape index (κ3) is 1.78. The van der Waals surface area contributed by atoms with Gasteiger partial charge < -0.3 is 0 Å². The molecule has 1 aliphatic rings. The second kappa shape index (κ2) is 3.50. The zero-order chi connectivity index (χ0) is 10.1. The van der Waals surface area contributed by atoms with Crippen LogP contribution >= 0.6 is 0 Å². The predicted molar refractivity (Wildman–Crippen MR) is 61.6 cm³/mol. The molecule has 1 heteroatoms. The zero-order valence-electron chi connectivity index (χ0n) is 8.56. The van der Waals surface area contributed by atoms with E-state index in [9.17, 15) is 0 Å². The summed E-state index contributed by atoms with van der Waals surface area (Å²) in [6, 6.07) is 14.7. The summed E-state index contributed by atoms with van der Waals surface area (Å²) in [5.41, 5.74) is 3.71. The molecule has 15 heavy (non-hydrogen) atoms. The lowest BCUT2D eigenvalue weighted by molar-refractivity contribution is 1.02. The van der Waals surface area contributed by atoms with Crippen LogP contribution in [0.15, 0.2) is 48.7 Å². The molecular formula is C14H13N. The number of benzene rings is 1. The van der Waals surface area contributed by atoms with E-state index in [0.29, 0.717) is 0 Å². The fraction of sp³-hybridized carbons (Fsp3) is 0.214. The topological polar surface area (TPSA) is 12.9 Å². The van der Waals surface area contributed by atoms with E-state index < -0.39 is 0 Å². The van der Waals surface area contributed by atoms with Crippen LogP contribution in [0, 0.1) is 0 Å². The van der Waals surface area contributed by atoms with Crippen LogP contribution in [0.3, 0.4) is 0 Å². The Kier molecular flexibility index (Phi) is 2.02. The van der Waals surface area contributed by atoms with Gasteiger partial charge in [0, 0.05) is 23.4 Å². The maximum atomic E-state index is 4.52. The summed E-state index contributed by atoms with van der Waals surface area (Å²) in [6.07, 6.45) is 4.62. The van der Waals surface area contributed by atoms with Crippen molar-refractivity contribution in [2.45, 2.75) is 18.8 Å². The van der Waals surface area contributed by atoms with Crippen LogP contribution in [0.4, 0.5) is 0 Å². The second-order valence-corrected chi connectivity index (χ2v) is 4.11. The first-order valence-electron chi connectivity index (χ1n) is 5.45. The maximum Gasteiger partial charge on any atom is 0.0434 e. The van der Waals surface area contributed by atoms with Crippen LogP contribution in [-0.2, 0) is 0 Å². The average molecular weight is 195 g/mol. The van der Waals surface area contributed by atoms with Crippen molar-refractivity contribution in [3.05, 3.63) is 54.4 Å². The highest BCUT2D eigenvalue weighted by Crippen LogP contribution is 2.39. The summed E-state index contributed by atoms with van der Waals surface area (Å²) < 4.78 is 0. The van der Waals surface area contributed by atoms with Crippen LogP contribution < -0.4 is 0 Å². The van der Waals surface area contributed by atoms with E-state index in [4.69, 9.17) is 0 Å². The molecule has 1 nitrogen and oxygen atoms in total. The Morgan fingerprint density at radius 2 is 1.67 bits per heavy atom. The second-order valence-electron chi connectivity index (χ2n) is 4.11. The van der Waals surface area contributed by atoms with E-state index in [-0.39, 0.29) is 0 Å². The monoisotopic (exact) mass is 195 g/mol. The van der Waals surface area contributed by atoms with Crippen molar-refractivity contribution < 1.29 is 0 Å². The molecule has 2 aromatic rings. The first-order valence-corrected chi connectivity index (χ1v) is 5.45. The Morgan fingerprint density at radius 1 is 0.867 bits per heavy atom. The number of aromatic nitrogens is 1. The maximum absolute atomic E-state index is 4.52. The van der Waals surface area contributed by atoms with Crippen molar-refractivity contribution in [3.63, 3.8) is 0 Å². The normalized spacial score (nSPS) is 15.2. The first kappa shape index (κ1) is 8.66. The summed E-state index contributed by atoms with van der Waals surface area (Å²) >= 11 is 0. The molecule has 1 aliphatic carbocycles. The molecule has 0 bridgehead atoms. The molecule has 0 amide bonds. The highest BCUT2D eigenvalue weighted by atomic mass is 14.7. The van der Waals surface area contributed by atoms with Crippen LogP contribution in [0.2, 0.25) is 0 Å². The van der Waals surface area contributed by atoms with Gasteiger partial charge in [-0.25, -0.2) is 0 Å². The number of hydrogen-bond donors (Lipinski definition) is 0. The molecule has 1 aromatic heterocycles. The van der Waals surface area contributed by atoms with Crippen molar-refractivity contribution in [1.29, 1.82) is 0 Å². The molecule has 0 aliphatic heterocycles. The minimum atomic E-state index is 0.745. The van der Waals surface area contributed by atoms with Crippen molar-refractivity contribution in [3.8, 4) is 11.1 Å². The lowest BCUT2D eigenvalue weighted by Crippen LogP contribution is -1.86. The SMILES string of the molecule is c1ccc(-c2ccc(C3CC3)nc2)cc1. The molecule has 1 heterocycles. The van der Waals surface area contributed by atoms with Gasteiger partial charge in [0.15, 0.2) is 0 Å². The Balaban J connectivity index is 1.93. The number of nitrogens with zero attached hydrogens (tertiary/aromatic N) is 1. The molecule has 0 radical (unpaired) electrons. The summed E-state index contributed by atoms with van der Waals surface area (Å²) in [7, 11) is 0. The quantitative estimate of drug-likeness (QED) is 0.713. The summed E-state index contributed by atoms with van der Waals surface area (Å²) in [4.78, 5) is 4.52. The van der Waals surface area contributed by atoms with Crippen molar-refractivity contribution >= 4 is 0 Å². The van der Waals surface area contributed by atoms with E-state index in [1.54, 1.807) is 0 Å². The van der Waals surface area contributed by atoms with Crippen LogP contribution in [0.5, 0.6) is 0 Å². The molecule has 1 fully saturated rings. The van der Waals surface area contributed by atoms with Gasteiger partial charge in [0.2, 0.25) is 0 Å². The van der Waals surface area contributed by atoms with Gasteiger partial charge in [-0.15, -0.1) is 0 Å². The smallest absolute Gasteiger partial charge is 0.0434 e. The van der Waals surface area contributed by atoms with E-state index in [0.717, 1.165) is 5.92 Å². The third-order valence-electron chi connectivity index (χ3n) is 2.89. The molecule has 0 atom stereocenters. The first-order chi connectivity index (χ1) is 7.43. The molecule has 3 rings (SSSR count). The van der Waals surface area contributed by atoms with E-state index in [1.807, 2.05) is 12.3 Å². The molecule has 0 saturated heterocycles. The third-order valence-corrected chi connectivity index (χ3v) is 2.89. The molecule has 1 saturated carbocycles. The van der Waals surface area contributed by atoms with Crippen molar-refractivity contribution in [1.82, 2.24) is 4.98 Å². The molecule has 1 aromatic carbocycles. The van der Waals surface area contributed by atoms with Gasteiger partial charge in [-0.3, -0.25) is 4.98 Å². The van der Waals surface area contributed by atoms with Gasteiger partial charge in [-0.05, 0) is 24.5 Å². The van der Waals surface area contributed by atoms with Gasteiger partial charge in [-0.1, -0.05) is 36.4 Å². The van der Waals surface area contributed by atoms with Crippen LogP contribution in [-0.4, -0.2) is 4.98 Å². The standard InChI is InChI=1S/C14H13N/c1-2-4-11(5-3-1)13-8-9-14(15-10-13)12-6-7-12/h1-5,8-10,12H,6-7H2. The summed E-state index contributed by atoms with van der Waals surface area (Å²) in [5, 5.41) is 0. The Labute approximate surface area is 89.8 Å². The average Bonchev–Trinajstić information content (AvgIpc) is 3.15. The fourth-order valence-electron chi connectivity index (χ4n) is 1.83. The number of rotatable bonds is 2. The molecule has 0 N–H and O–H groups in total. The lowest BCUT2D eigenvalue weighted by Gasteiger charge is -2.02. The minimum absolute atomic E-state index is 0.745. The highest BCUT2D eigenvalue weighted by Gasteiger charge is 2.24. The van der Waals surface area contributed by atoms with Crippen LogP contribution in [0.1, 0.15) is 24.5 Å². The minimum Gasteiger partial charge on any atom is -0.260 e. The Bertz CT molecular complexity index is 441. The van der Waals surface area contributed by atoms with E-state index in [1.165, 1.54) is 29.7 Å². The molecule has 0 spiro atoms. The lowest BCUT2D eigenvalue weighted by atomic mass is 10.1. The molecular weight excluding hydrogens is 182 g/mol. The largest absolute Gasteiger partial charge is 0.260 e. The van der Waals surface area contributed by atoms with Gasteiger partial charge in [0.05, 0.1) is 0 Å². The zero-order valence-corrected chi connectivity index (χ0v) is 8.56.